The number of thiophene rings is 1. The molecule has 3 aromatic rings. The molecule has 0 spiro atoms. The van der Waals surface area contributed by atoms with Crippen LogP contribution in [0.3, 0.4) is 0 Å². The van der Waals surface area contributed by atoms with Crippen molar-refractivity contribution in [2.75, 3.05) is 32.0 Å². The van der Waals surface area contributed by atoms with Gasteiger partial charge in [0.2, 0.25) is 0 Å². The Morgan fingerprint density at radius 2 is 2.00 bits per heavy atom. The first-order chi connectivity index (χ1) is 22.7. The van der Waals surface area contributed by atoms with Crippen molar-refractivity contribution in [3.05, 3.63) is 75.6 Å². The molecular formula is C37H45FN6O2S. The SMILES string of the molecule is C=C(N)CN=C(N/C(=C/CCC)OCC12CCCN1CCC2)c1c(C)c(CC)c(-c2ccc(F)c3sc(N)c(C#N)c23)c2c1COC2. The molecule has 0 bridgehead atoms. The number of unbranched alkanes of at least 4 members (excludes halogenated alkanes) is 1. The minimum Gasteiger partial charge on any atom is -0.477 e. The predicted octanol–water partition coefficient (Wildman–Crippen LogP) is 7.16. The number of rotatable bonds is 11. The zero-order valence-corrected chi connectivity index (χ0v) is 28.5. The number of anilines is 1. The number of hydrogen-bond acceptors (Lipinski definition) is 8. The summed E-state index contributed by atoms with van der Waals surface area (Å²) in [6, 6.07) is 5.48. The van der Waals surface area contributed by atoms with E-state index in [4.69, 9.17) is 25.9 Å². The number of amidine groups is 1. The van der Waals surface area contributed by atoms with E-state index in [0.717, 1.165) is 89.1 Å². The van der Waals surface area contributed by atoms with Crippen molar-refractivity contribution in [1.29, 1.82) is 5.26 Å². The summed E-state index contributed by atoms with van der Waals surface area (Å²) in [5, 5.41) is 14.5. The number of nitrogens with zero attached hydrogens (tertiary/aromatic N) is 3. The van der Waals surface area contributed by atoms with Crippen molar-refractivity contribution in [3.8, 4) is 17.2 Å². The Kier molecular flexibility index (Phi) is 9.60. The van der Waals surface area contributed by atoms with Crippen LogP contribution in [0, 0.1) is 24.1 Å². The van der Waals surface area contributed by atoms with Gasteiger partial charge in [0.1, 0.15) is 29.3 Å². The molecule has 3 aliphatic rings. The number of nitrogens with two attached hydrogens (primary N) is 2. The summed E-state index contributed by atoms with van der Waals surface area (Å²) >= 11 is 1.12. The molecule has 4 heterocycles. The number of benzene rings is 2. The third kappa shape index (κ3) is 6.01. The van der Waals surface area contributed by atoms with Crippen molar-refractivity contribution in [3.63, 3.8) is 0 Å². The number of ether oxygens (including phenoxy) is 2. The van der Waals surface area contributed by atoms with Gasteiger partial charge in [-0.15, -0.1) is 11.3 Å². The quantitative estimate of drug-likeness (QED) is 0.114. The van der Waals surface area contributed by atoms with Crippen LogP contribution >= 0.6 is 11.3 Å². The average Bonchev–Trinajstić information content (AvgIpc) is 3.84. The minimum atomic E-state index is -0.383. The smallest absolute Gasteiger partial charge is 0.188 e. The monoisotopic (exact) mass is 656 g/mol. The first-order valence-corrected chi connectivity index (χ1v) is 17.5. The molecule has 2 aromatic carbocycles. The predicted molar refractivity (Wildman–Crippen MR) is 189 cm³/mol. The van der Waals surface area contributed by atoms with Gasteiger partial charge in [0, 0.05) is 16.6 Å². The van der Waals surface area contributed by atoms with Crippen LogP contribution in [0.2, 0.25) is 0 Å². The number of fused-ring (bicyclic) bond motifs is 3. The molecule has 0 radical (unpaired) electrons. The molecule has 3 aliphatic heterocycles. The van der Waals surface area contributed by atoms with Crippen molar-refractivity contribution >= 4 is 32.3 Å². The maximum Gasteiger partial charge on any atom is 0.188 e. The Balaban J connectivity index is 1.47. The molecule has 6 rings (SSSR count). The van der Waals surface area contributed by atoms with Gasteiger partial charge in [-0.25, -0.2) is 4.39 Å². The number of aliphatic imine (C=N–C) groups is 1. The fraction of sp³-hybridized carbons (Fsp3) is 0.459. The van der Waals surface area contributed by atoms with E-state index in [1.165, 1.54) is 18.9 Å². The third-order valence-corrected chi connectivity index (χ3v) is 11.0. The van der Waals surface area contributed by atoms with Crippen molar-refractivity contribution < 1.29 is 13.9 Å². The Hall–Kier alpha value is -3.91. The number of nitrogens with one attached hydrogen (secondary N) is 1. The van der Waals surface area contributed by atoms with Crippen molar-refractivity contribution in [2.24, 2.45) is 10.7 Å². The average molecular weight is 657 g/mol. The zero-order chi connectivity index (χ0) is 33.3. The van der Waals surface area contributed by atoms with E-state index < -0.39 is 0 Å². The molecule has 47 heavy (non-hydrogen) atoms. The van der Waals surface area contributed by atoms with Crippen molar-refractivity contribution in [2.45, 2.75) is 84.5 Å². The lowest BCUT2D eigenvalue weighted by Gasteiger charge is -2.32. The highest BCUT2D eigenvalue weighted by Gasteiger charge is 2.45. The highest BCUT2D eigenvalue weighted by atomic mass is 32.1. The van der Waals surface area contributed by atoms with Crippen LogP contribution in [0.1, 0.15) is 85.8 Å². The molecule has 0 unspecified atom stereocenters. The van der Waals surface area contributed by atoms with Crippen LogP contribution in [0.15, 0.2) is 41.4 Å². The van der Waals surface area contributed by atoms with Crippen LogP contribution in [-0.2, 0) is 29.1 Å². The lowest BCUT2D eigenvalue weighted by Crippen LogP contribution is -2.43. The van der Waals surface area contributed by atoms with Crippen LogP contribution in [0.25, 0.3) is 21.2 Å². The van der Waals surface area contributed by atoms with Crippen LogP contribution in [0.5, 0.6) is 0 Å². The first-order valence-electron chi connectivity index (χ1n) is 16.7. The largest absolute Gasteiger partial charge is 0.477 e. The molecule has 0 amide bonds. The standard InChI is InChI=1S/C37H45FN6O2S/c1-5-7-10-30(46-21-37-13-8-15-44(37)16-9-14-37)43-36(42-18-22(3)40)31-23(4)24(6-2)32(28-20-45-19-27(28)31)25-11-12-29(38)34-33(25)26(17-39)35(41)47-34/h10-12H,3,5-9,13-16,18-21,40-41H2,1-2,4H3,(H,42,43)/b30-10-. The van der Waals surface area contributed by atoms with Gasteiger partial charge in [-0.3, -0.25) is 9.89 Å². The molecule has 1 aromatic heterocycles. The molecule has 2 saturated heterocycles. The number of halogens is 1. The molecule has 0 aliphatic carbocycles. The second-order valence-electron chi connectivity index (χ2n) is 12.9. The summed E-state index contributed by atoms with van der Waals surface area (Å²) in [7, 11) is 0. The highest BCUT2D eigenvalue weighted by molar-refractivity contribution is 7.23. The van der Waals surface area contributed by atoms with Gasteiger partial charge < -0.3 is 26.3 Å². The molecule has 2 fully saturated rings. The second-order valence-corrected chi connectivity index (χ2v) is 14.0. The van der Waals surface area contributed by atoms with Gasteiger partial charge in [-0.05, 0) is 104 Å². The zero-order valence-electron chi connectivity index (χ0n) is 27.7. The van der Waals surface area contributed by atoms with E-state index in [0.29, 0.717) is 64.3 Å². The third-order valence-electron chi connectivity index (χ3n) is 9.99. The lowest BCUT2D eigenvalue weighted by atomic mass is 9.82. The van der Waals surface area contributed by atoms with Gasteiger partial charge in [-0.1, -0.05) is 32.9 Å². The molecule has 10 heteroatoms. The highest BCUT2D eigenvalue weighted by Crippen LogP contribution is 2.46. The fourth-order valence-corrected chi connectivity index (χ4v) is 8.74. The van der Waals surface area contributed by atoms with Gasteiger partial charge in [0.15, 0.2) is 5.88 Å². The summed E-state index contributed by atoms with van der Waals surface area (Å²) in [5.41, 5.74) is 20.0. The van der Waals surface area contributed by atoms with E-state index in [-0.39, 0.29) is 17.9 Å². The number of allylic oxidation sites excluding steroid dienone is 1. The Labute approximate surface area is 280 Å². The lowest BCUT2D eigenvalue weighted by molar-refractivity contribution is 0.0682. The van der Waals surface area contributed by atoms with E-state index in [2.05, 4.69) is 49.7 Å². The second kappa shape index (κ2) is 13.7. The summed E-state index contributed by atoms with van der Waals surface area (Å²) in [4.78, 5) is 7.58. The van der Waals surface area contributed by atoms with Crippen LogP contribution < -0.4 is 16.8 Å². The van der Waals surface area contributed by atoms with Crippen LogP contribution in [0.4, 0.5) is 9.39 Å². The molecule has 248 valence electrons. The first kappa shape index (κ1) is 33.0. The fourth-order valence-electron chi connectivity index (χ4n) is 7.79. The van der Waals surface area contributed by atoms with Gasteiger partial charge in [-0.2, -0.15) is 5.26 Å². The summed E-state index contributed by atoms with van der Waals surface area (Å²) in [6.07, 6.45) is 9.41. The number of hydrogen-bond donors (Lipinski definition) is 3. The Bertz CT molecular complexity index is 1810. The molecule has 5 N–H and O–H groups in total. The summed E-state index contributed by atoms with van der Waals surface area (Å²) in [6.45, 7) is 14.2. The maximum atomic E-state index is 15.1. The van der Waals surface area contributed by atoms with Gasteiger partial charge in [0.25, 0.3) is 0 Å². The van der Waals surface area contributed by atoms with E-state index in [9.17, 15) is 5.26 Å². The molecule has 0 atom stereocenters. The van der Waals surface area contributed by atoms with E-state index in [1.807, 2.05) is 0 Å². The topological polar surface area (TPSA) is 122 Å². The van der Waals surface area contributed by atoms with Gasteiger partial charge in [0.05, 0.1) is 35.6 Å². The normalized spacial score (nSPS) is 17.6. The van der Waals surface area contributed by atoms with E-state index >= 15 is 4.39 Å². The molecule has 0 saturated carbocycles. The van der Waals surface area contributed by atoms with Crippen LogP contribution in [-0.4, -0.2) is 42.5 Å². The Morgan fingerprint density at radius 3 is 2.68 bits per heavy atom. The summed E-state index contributed by atoms with van der Waals surface area (Å²) < 4.78 is 28.3. The van der Waals surface area contributed by atoms with Gasteiger partial charge >= 0.3 is 0 Å². The number of nitrogen functional groups attached to an aromatic ring is 1. The van der Waals surface area contributed by atoms with Crippen molar-refractivity contribution in [1.82, 2.24) is 10.2 Å². The maximum absolute atomic E-state index is 15.1. The van der Waals surface area contributed by atoms with E-state index in [1.54, 1.807) is 6.07 Å². The molecule has 8 nitrogen and oxygen atoms in total. The molecular weight excluding hydrogens is 612 g/mol. The number of nitriles is 1. The Morgan fingerprint density at radius 1 is 1.26 bits per heavy atom. The summed E-state index contributed by atoms with van der Waals surface area (Å²) in [5.74, 6) is 0.975. The minimum absolute atomic E-state index is 0.103.